The molecule has 35 heavy (non-hydrogen) atoms. The maximum atomic E-state index is 13.3. The van der Waals surface area contributed by atoms with E-state index in [0.717, 1.165) is 17.7 Å². The summed E-state index contributed by atoms with van der Waals surface area (Å²) >= 11 is 0. The summed E-state index contributed by atoms with van der Waals surface area (Å²) in [6, 6.07) is 13.2. The van der Waals surface area contributed by atoms with Crippen molar-refractivity contribution in [3.63, 3.8) is 0 Å². The summed E-state index contributed by atoms with van der Waals surface area (Å²) in [6.07, 6.45) is -2.39. The molecule has 0 spiro atoms. The number of aryl methyl sites for hydroxylation is 2. The average Bonchev–Trinajstić information content (AvgIpc) is 2.84. The van der Waals surface area contributed by atoms with E-state index in [1.54, 1.807) is 19.1 Å². The van der Waals surface area contributed by atoms with Gasteiger partial charge in [-0.1, -0.05) is 31.2 Å². The molecule has 4 rings (SSSR count). The zero-order chi connectivity index (χ0) is 25.2. The van der Waals surface area contributed by atoms with Crippen LogP contribution in [-0.4, -0.2) is 16.0 Å². The number of carbonyl (C=O) groups excluding carboxylic acids is 1. The number of para-hydroxylation sites is 1. The largest absolute Gasteiger partial charge is 0.436 e. The molecule has 0 aliphatic carbocycles. The normalized spacial score (nSPS) is 12.2. The van der Waals surface area contributed by atoms with E-state index in [0.29, 0.717) is 34.3 Å². The number of hydrogen-bond acceptors (Lipinski definition) is 5. The molecule has 9 heteroatoms. The highest BCUT2D eigenvalue weighted by Crippen LogP contribution is 2.31. The van der Waals surface area contributed by atoms with Crippen molar-refractivity contribution in [2.45, 2.75) is 33.1 Å². The lowest BCUT2D eigenvalue weighted by Crippen LogP contribution is -2.22. The van der Waals surface area contributed by atoms with Gasteiger partial charge in [-0.2, -0.15) is 13.2 Å². The van der Waals surface area contributed by atoms with Crippen molar-refractivity contribution in [2.24, 2.45) is 4.99 Å². The SMILES string of the molecule is CCc1ccccc1N=c1oc2c(C)ncc(CO)c2cc1C(=O)Nc1cccc(C(F)(F)F)c1. The second-order valence-corrected chi connectivity index (χ2v) is 7.86. The van der Waals surface area contributed by atoms with E-state index in [4.69, 9.17) is 4.42 Å². The number of nitrogens with zero attached hydrogens (tertiary/aromatic N) is 2. The minimum absolute atomic E-state index is 0.00104. The van der Waals surface area contributed by atoms with Gasteiger partial charge in [-0.05, 0) is 49.2 Å². The van der Waals surface area contributed by atoms with Crippen molar-refractivity contribution in [3.8, 4) is 0 Å². The first-order valence-corrected chi connectivity index (χ1v) is 10.9. The minimum Gasteiger partial charge on any atom is -0.436 e. The highest BCUT2D eigenvalue weighted by atomic mass is 19.4. The van der Waals surface area contributed by atoms with Crippen molar-refractivity contribution in [1.29, 1.82) is 0 Å². The van der Waals surface area contributed by atoms with Crippen LogP contribution in [0.15, 0.2) is 70.2 Å². The summed E-state index contributed by atoms with van der Waals surface area (Å²) in [7, 11) is 0. The van der Waals surface area contributed by atoms with Crippen LogP contribution >= 0.6 is 0 Å². The molecule has 2 aromatic heterocycles. The van der Waals surface area contributed by atoms with Gasteiger partial charge in [0.05, 0.1) is 23.6 Å². The Morgan fingerprint density at radius 1 is 1.11 bits per heavy atom. The Bertz CT molecular complexity index is 1480. The van der Waals surface area contributed by atoms with Crippen LogP contribution in [0.1, 0.15) is 39.7 Å². The number of amides is 1. The fraction of sp³-hybridized carbons (Fsp3) is 0.192. The number of benzene rings is 2. The van der Waals surface area contributed by atoms with Gasteiger partial charge in [-0.25, -0.2) is 4.99 Å². The summed E-state index contributed by atoms with van der Waals surface area (Å²) < 4.78 is 45.4. The molecule has 2 aromatic carbocycles. The monoisotopic (exact) mass is 481 g/mol. The smallest absolute Gasteiger partial charge is 0.416 e. The number of aliphatic hydroxyl groups excluding tert-OH is 1. The van der Waals surface area contributed by atoms with Crippen LogP contribution in [0.4, 0.5) is 24.5 Å². The Morgan fingerprint density at radius 3 is 2.60 bits per heavy atom. The molecule has 0 saturated heterocycles. The minimum atomic E-state index is -4.55. The third-order valence-electron chi connectivity index (χ3n) is 5.51. The van der Waals surface area contributed by atoms with Crippen molar-refractivity contribution >= 4 is 28.3 Å². The summed E-state index contributed by atoms with van der Waals surface area (Å²) in [6.45, 7) is 3.34. The molecule has 0 saturated carbocycles. The molecule has 0 unspecified atom stereocenters. The first-order chi connectivity index (χ1) is 16.7. The topological polar surface area (TPSA) is 87.7 Å². The Labute approximate surface area is 198 Å². The van der Waals surface area contributed by atoms with E-state index in [9.17, 15) is 23.1 Å². The molecule has 0 aliphatic heterocycles. The van der Waals surface area contributed by atoms with Crippen LogP contribution in [0.2, 0.25) is 0 Å². The fourth-order valence-electron chi connectivity index (χ4n) is 3.66. The van der Waals surface area contributed by atoms with Gasteiger partial charge in [0, 0.05) is 22.8 Å². The fourth-order valence-corrected chi connectivity index (χ4v) is 3.66. The lowest BCUT2D eigenvalue weighted by Gasteiger charge is -2.12. The van der Waals surface area contributed by atoms with Gasteiger partial charge in [-0.3, -0.25) is 9.78 Å². The molecular formula is C26H22F3N3O3. The molecule has 0 radical (unpaired) electrons. The van der Waals surface area contributed by atoms with E-state index in [1.165, 1.54) is 24.4 Å². The molecule has 180 valence electrons. The van der Waals surface area contributed by atoms with Gasteiger partial charge in [0.1, 0.15) is 5.56 Å². The van der Waals surface area contributed by atoms with Crippen molar-refractivity contribution in [2.75, 3.05) is 5.32 Å². The van der Waals surface area contributed by atoms with Crippen LogP contribution in [0, 0.1) is 6.92 Å². The number of anilines is 1. The molecule has 2 N–H and O–H groups in total. The van der Waals surface area contributed by atoms with Gasteiger partial charge in [0.25, 0.3) is 5.91 Å². The lowest BCUT2D eigenvalue weighted by molar-refractivity contribution is -0.137. The van der Waals surface area contributed by atoms with Crippen molar-refractivity contribution in [1.82, 2.24) is 4.98 Å². The highest BCUT2D eigenvalue weighted by molar-refractivity contribution is 6.05. The molecule has 4 aromatic rings. The van der Waals surface area contributed by atoms with Crippen LogP contribution in [0.25, 0.3) is 11.0 Å². The second-order valence-electron chi connectivity index (χ2n) is 7.86. The Morgan fingerprint density at radius 2 is 1.89 bits per heavy atom. The number of nitrogens with one attached hydrogen (secondary N) is 1. The predicted octanol–water partition coefficient (Wildman–Crippen LogP) is 5.69. The average molecular weight is 481 g/mol. The van der Waals surface area contributed by atoms with Crippen molar-refractivity contribution in [3.05, 3.63) is 94.3 Å². The molecule has 2 heterocycles. The number of halogens is 3. The third kappa shape index (κ3) is 5.09. The van der Waals surface area contributed by atoms with Gasteiger partial charge in [0.2, 0.25) is 5.55 Å². The Kier molecular flexibility index (Phi) is 6.70. The maximum absolute atomic E-state index is 13.3. The van der Waals surface area contributed by atoms with Gasteiger partial charge in [0.15, 0.2) is 5.58 Å². The van der Waals surface area contributed by atoms with E-state index >= 15 is 0 Å². The van der Waals surface area contributed by atoms with E-state index in [-0.39, 0.29) is 23.4 Å². The van der Waals surface area contributed by atoms with E-state index < -0.39 is 17.6 Å². The molecule has 0 fully saturated rings. The van der Waals surface area contributed by atoms with Gasteiger partial charge in [-0.15, -0.1) is 0 Å². The second kappa shape index (κ2) is 9.71. The number of fused-ring (bicyclic) bond motifs is 1. The number of hydrogen-bond donors (Lipinski definition) is 2. The molecule has 6 nitrogen and oxygen atoms in total. The number of alkyl halides is 3. The van der Waals surface area contributed by atoms with Crippen LogP contribution < -0.4 is 10.9 Å². The number of pyridine rings is 1. The molecule has 0 atom stereocenters. The third-order valence-corrected chi connectivity index (χ3v) is 5.51. The first kappa shape index (κ1) is 24.2. The zero-order valence-electron chi connectivity index (χ0n) is 19.0. The number of carbonyl (C=O) groups is 1. The standard InChI is InChI=1S/C26H22F3N3O3/c1-3-16-7-4-5-10-22(16)32-25-21(12-20-17(14-33)13-30-15(2)23(20)35-25)24(34)31-19-9-6-8-18(11-19)26(27,28)29/h4-13,33H,3,14H2,1-2H3,(H,31,34). The molecule has 0 bridgehead atoms. The Hall–Kier alpha value is -3.98. The highest BCUT2D eigenvalue weighted by Gasteiger charge is 2.30. The quantitative estimate of drug-likeness (QED) is 0.383. The lowest BCUT2D eigenvalue weighted by atomic mass is 10.1. The van der Waals surface area contributed by atoms with Crippen LogP contribution in [-0.2, 0) is 19.2 Å². The van der Waals surface area contributed by atoms with Crippen molar-refractivity contribution < 1.29 is 27.5 Å². The Balaban J connectivity index is 1.90. The number of aliphatic hydroxyl groups is 1. The summed E-state index contributed by atoms with van der Waals surface area (Å²) in [5, 5.41) is 12.7. The number of rotatable bonds is 5. The maximum Gasteiger partial charge on any atom is 0.416 e. The molecule has 0 aliphatic rings. The van der Waals surface area contributed by atoms with Crippen LogP contribution in [0.3, 0.4) is 0 Å². The molecule has 1 amide bonds. The van der Waals surface area contributed by atoms with Gasteiger partial charge < -0.3 is 14.8 Å². The summed E-state index contributed by atoms with van der Waals surface area (Å²) in [4.78, 5) is 22.1. The van der Waals surface area contributed by atoms with Gasteiger partial charge >= 0.3 is 6.18 Å². The van der Waals surface area contributed by atoms with E-state index in [1.807, 2.05) is 19.1 Å². The van der Waals surface area contributed by atoms with Crippen LogP contribution in [0.5, 0.6) is 0 Å². The molecular weight excluding hydrogens is 459 g/mol. The first-order valence-electron chi connectivity index (χ1n) is 10.9. The summed E-state index contributed by atoms with van der Waals surface area (Å²) in [5.74, 6) is -0.707. The summed E-state index contributed by atoms with van der Waals surface area (Å²) in [5.41, 5.74) is 1.89. The number of aromatic nitrogens is 1. The van der Waals surface area contributed by atoms with E-state index in [2.05, 4.69) is 15.3 Å². The zero-order valence-corrected chi connectivity index (χ0v) is 19.0. The predicted molar refractivity (Wildman–Crippen MR) is 125 cm³/mol.